The van der Waals surface area contributed by atoms with Crippen LogP contribution in [-0.4, -0.2) is 37.2 Å². The normalized spacial score (nSPS) is 13.5. The van der Waals surface area contributed by atoms with Crippen LogP contribution in [0, 0.1) is 0 Å². The second-order valence-electron chi connectivity index (χ2n) is 18.8. The highest BCUT2D eigenvalue weighted by molar-refractivity contribution is 5.71. The quantitative estimate of drug-likeness (QED) is 0.0261. The monoisotopic (exact) mass is 1050 g/mol. The lowest BCUT2D eigenvalue weighted by atomic mass is 10.1. The van der Waals surface area contributed by atoms with E-state index in [1.54, 1.807) is 0 Å². The van der Waals surface area contributed by atoms with Gasteiger partial charge in [-0.05, 0) is 148 Å². The molecule has 0 aromatic carbocycles. The van der Waals surface area contributed by atoms with Crippen molar-refractivity contribution >= 4 is 17.9 Å². The number of rotatable bonds is 51. The van der Waals surface area contributed by atoms with Gasteiger partial charge in [-0.3, -0.25) is 14.4 Å². The van der Waals surface area contributed by atoms with E-state index < -0.39 is 6.10 Å². The van der Waals surface area contributed by atoms with Crippen LogP contribution >= 0.6 is 0 Å². The second-order valence-corrected chi connectivity index (χ2v) is 18.8. The van der Waals surface area contributed by atoms with Crippen LogP contribution in [0.25, 0.3) is 0 Å². The van der Waals surface area contributed by atoms with Crippen LogP contribution in [0.1, 0.15) is 213 Å². The van der Waals surface area contributed by atoms with E-state index in [1.807, 2.05) is 12.2 Å². The summed E-state index contributed by atoms with van der Waals surface area (Å²) in [6.07, 6.45) is 95.8. The minimum Gasteiger partial charge on any atom is -0.462 e. The van der Waals surface area contributed by atoms with Gasteiger partial charge in [0.2, 0.25) is 0 Å². The van der Waals surface area contributed by atoms with Crippen molar-refractivity contribution in [3.05, 3.63) is 194 Å². The van der Waals surface area contributed by atoms with Gasteiger partial charge in [-0.1, -0.05) is 241 Å². The maximum atomic E-state index is 12.9. The van der Waals surface area contributed by atoms with Gasteiger partial charge >= 0.3 is 17.9 Å². The van der Waals surface area contributed by atoms with Crippen LogP contribution in [0.4, 0.5) is 0 Å². The molecule has 0 aromatic heterocycles. The minimum atomic E-state index is -0.845. The molecule has 1 atom stereocenters. The lowest BCUT2D eigenvalue weighted by Crippen LogP contribution is -2.30. The van der Waals surface area contributed by atoms with Crippen molar-refractivity contribution in [2.45, 2.75) is 219 Å². The average molecular weight is 1060 g/mol. The third-order valence-corrected chi connectivity index (χ3v) is 11.6. The second kappa shape index (κ2) is 62.8. The summed E-state index contributed by atoms with van der Waals surface area (Å²) in [7, 11) is 0. The summed E-state index contributed by atoms with van der Waals surface area (Å²) in [5.74, 6) is -1.08. The van der Waals surface area contributed by atoms with E-state index in [4.69, 9.17) is 14.2 Å². The highest BCUT2D eigenvalue weighted by atomic mass is 16.6. The molecule has 6 heteroatoms. The Bertz CT molecular complexity index is 1880. The predicted molar refractivity (Wildman–Crippen MR) is 334 cm³/mol. The maximum Gasteiger partial charge on any atom is 0.306 e. The van der Waals surface area contributed by atoms with Crippen LogP contribution in [0.2, 0.25) is 0 Å². The molecular weight excluding hydrogens is 949 g/mol. The molecule has 0 bridgehead atoms. The van der Waals surface area contributed by atoms with Crippen molar-refractivity contribution in [2.24, 2.45) is 0 Å². The first-order valence-corrected chi connectivity index (χ1v) is 29.9. The molecule has 0 spiro atoms. The van der Waals surface area contributed by atoms with Crippen molar-refractivity contribution in [2.75, 3.05) is 13.2 Å². The van der Waals surface area contributed by atoms with Crippen LogP contribution in [-0.2, 0) is 28.6 Å². The van der Waals surface area contributed by atoms with Crippen LogP contribution in [0.3, 0.4) is 0 Å². The van der Waals surface area contributed by atoms with Crippen LogP contribution < -0.4 is 0 Å². The largest absolute Gasteiger partial charge is 0.462 e. The summed E-state index contributed by atoms with van der Waals surface area (Å²) >= 11 is 0. The van der Waals surface area contributed by atoms with E-state index in [0.717, 1.165) is 161 Å². The Labute approximate surface area is 471 Å². The first kappa shape index (κ1) is 71.2. The summed E-state index contributed by atoms with van der Waals surface area (Å²) in [4.78, 5) is 38.2. The van der Waals surface area contributed by atoms with E-state index in [2.05, 4.69) is 203 Å². The van der Waals surface area contributed by atoms with Crippen molar-refractivity contribution < 1.29 is 28.6 Å². The Hall–Kier alpha value is -5.75. The lowest BCUT2D eigenvalue weighted by Gasteiger charge is -2.18. The zero-order valence-corrected chi connectivity index (χ0v) is 48.6. The third kappa shape index (κ3) is 61.0. The molecule has 77 heavy (non-hydrogen) atoms. The van der Waals surface area contributed by atoms with Gasteiger partial charge in [-0.15, -0.1) is 0 Å². The molecule has 0 saturated heterocycles. The Morgan fingerprint density at radius 2 is 0.494 bits per heavy atom. The molecule has 0 heterocycles. The number of allylic oxidation sites excluding steroid dienone is 32. The Morgan fingerprint density at radius 3 is 0.792 bits per heavy atom. The average Bonchev–Trinajstić information content (AvgIpc) is 3.43. The topological polar surface area (TPSA) is 78.9 Å². The van der Waals surface area contributed by atoms with E-state index in [-0.39, 0.29) is 44.0 Å². The highest BCUT2D eigenvalue weighted by Crippen LogP contribution is 2.11. The molecule has 0 aliphatic rings. The maximum absolute atomic E-state index is 12.9. The molecule has 1 unspecified atom stereocenters. The lowest BCUT2D eigenvalue weighted by molar-refractivity contribution is -0.166. The Balaban J connectivity index is 4.57. The molecular formula is C71H106O6. The van der Waals surface area contributed by atoms with Gasteiger partial charge in [0.25, 0.3) is 0 Å². The number of carbonyl (C=O) groups is 3. The Kier molecular flexibility index (Phi) is 58.1. The number of carbonyl (C=O) groups excluding carboxylic acids is 3. The molecule has 0 amide bonds. The third-order valence-electron chi connectivity index (χ3n) is 11.6. The van der Waals surface area contributed by atoms with E-state index in [9.17, 15) is 14.4 Å². The smallest absolute Gasteiger partial charge is 0.306 e. The molecule has 0 fully saturated rings. The molecule has 0 N–H and O–H groups in total. The minimum absolute atomic E-state index is 0.136. The van der Waals surface area contributed by atoms with Crippen molar-refractivity contribution in [1.82, 2.24) is 0 Å². The highest BCUT2D eigenvalue weighted by Gasteiger charge is 2.19. The van der Waals surface area contributed by atoms with E-state index in [1.165, 1.54) is 0 Å². The van der Waals surface area contributed by atoms with Gasteiger partial charge in [0.1, 0.15) is 13.2 Å². The number of unbranched alkanes of at least 4 members (excludes halogenated alkanes) is 8. The number of hydrogen-bond acceptors (Lipinski definition) is 6. The molecule has 6 nitrogen and oxygen atoms in total. The van der Waals surface area contributed by atoms with Crippen molar-refractivity contribution in [1.29, 1.82) is 0 Å². The Morgan fingerprint density at radius 1 is 0.260 bits per heavy atom. The molecule has 0 aliphatic carbocycles. The zero-order chi connectivity index (χ0) is 55.7. The summed E-state index contributed by atoms with van der Waals surface area (Å²) in [5, 5.41) is 0. The zero-order valence-electron chi connectivity index (χ0n) is 48.6. The standard InChI is InChI=1S/C71H106O6/c1-4-7-10-13-16-19-22-25-27-29-31-33-35-37-39-41-43-46-49-52-55-58-61-64-70(73)76-67-68(66-75-69(72)63-60-57-54-51-48-45-24-21-18-15-12-9-6-3)77-71(74)65-62-59-56-53-50-47-44-42-40-38-36-34-32-30-28-26-23-20-17-14-11-8-5-2/h7-12,16-21,25-28,31-34,37-40,43-48,54,57,68H,4-6,13-15,22-24,29-30,35-36,41-42,49-53,55-56,58-67H2,1-3H3/b10-7-,11-8-,12-9-,19-16-,20-17-,21-18-,27-25-,28-26-,33-31-,34-32-,39-37-,40-38-,46-43-,47-44-,48-45-,57-54-. The first-order chi connectivity index (χ1) is 38.0. The van der Waals surface area contributed by atoms with Crippen LogP contribution in [0.5, 0.6) is 0 Å². The predicted octanol–water partition coefficient (Wildman–Crippen LogP) is 20.6. The summed E-state index contributed by atoms with van der Waals surface area (Å²) < 4.78 is 16.8. The van der Waals surface area contributed by atoms with E-state index in [0.29, 0.717) is 19.3 Å². The van der Waals surface area contributed by atoms with Crippen molar-refractivity contribution in [3.8, 4) is 0 Å². The molecule has 0 aromatic rings. The SMILES string of the molecule is CC/C=C\C/C=C\C/C=C\C/C=C\C/C=C\C/C=C\CCCCCCC(=O)OCC(COC(=O)CC/C=C\C/C=C\C/C=C\C/C=C\CC)OC(=O)CCCCCC/C=C\C/C=C\C/C=C\C/C=C\C/C=C\C/C=C\CC. The molecule has 0 aliphatic heterocycles. The molecule has 0 saturated carbocycles. The van der Waals surface area contributed by atoms with Gasteiger partial charge in [-0.2, -0.15) is 0 Å². The number of esters is 3. The van der Waals surface area contributed by atoms with Gasteiger partial charge in [0, 0.05) is 19.3 Å². The van der Waals surface area contributed by atoms with E-state index >= 15 is 0 Å². The van der Waals surface area contributed by atoms with Crippen LogP contribution in [0.15, 0.2) is 194 Å². The molecule has 0 radical (unpaired) electrons. The summed E-state index contributed by atoms with van der Waals surface area (Å²) in [6.45, 7) is 6.16. The van der Waals surface area contributed by atoms with Gasteiger partial charge < -0.3 is 14.2 Å². The fraction of sp³-hybridized carbons (Fsp3) is 0.507. The van der Waals surface area contributed by atoms with Gasteiger partial charge in [0.05, 0.1) is 0 Å². The fourth-order valence-electron chi connectivity index (χ4n) is 7.23. The summed E-state index contributed by atoms with van der Waals surface area (Å²) in [5.41, 5.74) is 0. The summed E-state index contributed by atoms with van der Waals surface area (Å²) in [6, 6.07) is 0. The van der Waals surface area contributed by atoms with Gasteiger partial charge in [-0.25, -0.2) is 0 Å². The van der Waals surface area contributed by atoms with Gasteiger partial charge in [0.15, 0.2) is 6.10 Å². The number of ether oxygens (including phenoxy) is 3. The first-order valence-electron chi connectivity index (χ1n) is 29.9. The van der Waals surface area contributed by atoms with Crippen molar-refractivity contribution in [3.63, 3.8) is 0 Å². The number of hydrogen-bond donors (Lipinski definition) is 0. The molecule has 0 rings (SSSR count). The molecule has 426 valence electrons. The fourth-order valence-corrected chi connectivity index (χ4v) is 7.23.